The maximum atomic E-state index is 14.2. The minimum Gasteiger partial charge on any atom is -0.369 e. The lowest BCUT2D eigenvalue weighted by Crippen LogP contribution is -2.38. The second-order valence-electron chi connectivity index (χ2n) is 6.16. The molecular weight excluding hydrogens is 239 g/mol. The van der Waals surface area contributed by atoms with E-state index < -0.39 is 0 Å². The lowest BCUT2D eigenvalue weighted by molar-refractivity contribution is 0.322. The molecule has 1 aromatic rings. The Labute approximate surface area is 115 Å². The van der Waals surface area contributed by atoms with Crippen molar-refractivity contribution in [2.75, 3.05) is 18.0 Å². The first kappa shape index (κ1) is 14.3. The van der Waals surface area contributed by atoms with Gasteiger partial charge in [0.05, 0.1) is 5.69 Å². The largest absolute Gasteiger partial charge is 0.369 e. The van der Waals surface area contributed by atoms with Crippen LogP contribution in [-0.4, -0.2) is 19.1 Å². The van der Waals surface area contributed by atoms with Crippen molar-refractivity contribution in [3.8, 4) is 0 Å². The average Bonchev–Trinajstić information content (AvgIpc) is 2.32. The third-order valence-electron chi connectivity index (χ3n) is 4.24. The molecule has 0 spiro atoms. The van der Waals surface area contributed by atoms with E-state index in [9.17, 15) is 4.39 Å². The van der Waals surface area contributed by atoms with Crippen molar-refractivity contribution in [1.29, 1.82) is 0 Å². The molecule has 1 saturated heterocycles. The summed E-state index contributed by atoms with van der Waals surface area (Å²) in [6.45, 7) is 8.38. The highest BCUT2D eigenvalue weighted by Gasteiger charge is 2.24. The molecular formula is C16H25FN2. The predicted molar refractivity (Wildman–Crippen MR) is 78.9 cm³/mol. The zero-order chi connectivity index (χ0) is 14.0. The van der Waals surface area contributed by atoms with Gasteiger partial charge in [-0.1, -0.05) is 19.9 Å². The van der Waals surface area contributed by atoms with E-state index in [0.29, 0.717) is 5.92 Å². The number of benzene rings is 1. The Morgan fingerprint density at radius 3 is 2.68 bits per heavy atom. The normalized spacial score (nSPS) is 25.4. The lowest BCUT2D eigenvalue weighted by Gasteiger charge is -2.37. The van der Waals surface area contributed by atoms with Crippen LogP contribution in [0.15, 0.2) is 18.2 Å². The van der Waals surface area contributed by atoms with Crippen molar-refractivity contribution in [2.24, 2.45) is 17.6 Å². The number of hydrogen-bond acceptors (Lipinski definition) is 2. The highest BCUT2D eigenvalue weighted by molar-refractivity contribution is 5.49. The average molecular weight is 264 g/mol. The van der Waals surface area contributed by atoms with Crippen LogP contribution >= 0.6 is 0 Å². The third kappa shape index (κ3) is 3.47. The van der Waals surface area contributed by atoms with E-state index in [1.807, 2.05) is 19.1 Å². The highest BCUT2D eigenvalue weighted by atomic mass is 19.1. The molecule has 2 nitrogen and oxygen atoms in total. The van der Waals surface area contributed by atoms with E-state index >= 15 is 0 Å². The second kappa shape index (κ2) is 5.91. The van der Waals surface area contributed by atoms with Crippen LogP contribution in [0.25, 0.3) is 0 Å². The van der Waals surface area contributed by atoms with Crippen LogP contribution in [0.3, 0.4) is 0 Å². The van der Waals surface area contributed by atoms with Crippen LogP contribution in [0.1, 0.15) is 32.8 Å². The summed E-state index contributed by atoms with van der Waals surface area (Å²) in [4.78, 5) is 2.18. The molecule has 1 heterocycles. The van der Waals surface area contributed by atoms with Gasteiger partial charge in [-0.3, -0.25) is 0 Å². The van der Waals surface area contributed by atoms with Gasteiger partial charge in [-0.25, -0.2) is 4.39 Å². The van der Waals surface area contributed by atoms with Gasteiger partial charge >= 0.3 is 0 Å². The van der Waals surface area contributed by atoms with Gasteiger partial charge in [0.1, 0.15) is 5.82 Å². The van der Waals surface area contributed by atoms with Crippen molar-refractivity contribution < 1.29 is 4.39 Å². The summed E-state index contributed by atoms with van der Waals surface area (Å²) < 4.78 is 14.2. The molecule has 106 valence electrons. The van der Waals surface area contributed by atoms with E-state index in [4.69, 9.17) is 5.73 Å². The molecule has 0 radical (unpaired) electrons. The van der Waals surface area contributed by atoms with Crippen LogP contribution in [0.4, 0.5) is 10.1 Å². The molecule has 1 aliphatic rings. The Bertz CT molecular complexity index is 431. The quantitative estimate of drug-likeness (QED) is 0.908. The number of hydrogen-bond donors (Lipinski definition) is 1. The first-order chi connectivity index (χ1) is 8.97. The third-order valence-corrected chi connectivity index (χ3v) is 4.24. The summed E-state index contributed by atoms with van der Waals surface area (Å²) in [6, 6.07) is 5.63. The molecule has 3 atom stereocenters. The molecule has 1 aliphatic heterocycles. The van der Waals surface area contributed by atoms with Crippen LogP contribution in [-0.2, 0) is 6.42 Å². The highest BCUT2D eigenvalue weighted by Crippen LogP contribution is 2.29. The maximum Gasteiger partial charge on any atom is 0.146 e. The SMILES string of the molecule is CC(N)Cc1ccc(N2CCC(C)C(C)C2)c(F)c1. The van der Waals surface area contributed by atoms with Gasteiger partial charge in [-0.05, 0) is 49.3 Å². The Kier molecular flexibility index (Phi) is 4.46. The van der Waals surface area contributed by atoms with Crippen LogP contribution in [0, 0.1) is 17.7 Å². The summed E-state index contributed by atoms with van der Waals surface area (Å²) in [7, 11) is 0. The van der Waals surface area contributed by atoms with Gasteiger partial charge < -0.3 is 10.6 Å². The fourth-order valence-electron chi connectivity index (χ4n) is 2.79. The number of nitrogens with zero attached hydrogens (tertiary/aromatic N) is 1. The molecule has 2 N–H and O–H groups in total. The molecule has 0 saturated carbocycles. The second-order valence-corrected chi connectivity index (χ2v) is 6.16. The number of nitrogens with two attached hydrogens (primary N) is 1. The number of halogens is 1. The summed E-state index contributed by atoms with van der Waals surface area (Å²) in [5.74, 6) is 1.24. The summed E-state index contributed by atoms with van der Waals surface area (Å²) in [5, 5.41) is 0. The van der Waals surface area contributed by atoms with Crippen molar-refractivity contribution in [2.45, 2.75) is 39.7 Å². The Balaban J connectivity index is 2.12. The Hall–Kier alpha value is -1.09. The van der Waals surface area contributed by atoms with Crippen molar-refractivity contribution in [1.82, 2.24) is 0 Å². The van der Waals surface area contributed by atoms with Gasteiger partial charge in [0.15, 0.2) is 0 Å². The summed E-state index contributed by atoms with van der Waals surface area (Å²) in [5.41, 5.74) is 7.48. The molecule has 0 aliphatic carbocycles. The monoisotopic (exact) mass is 264 g/mol. The molecule has 0 aromatic heterocycles. The number of anilines is 1. The van der Waals surface area contributed by atoms with Gasteiger partial charge in [0.2, 0.25) is 0 Å². The minimum atomic E-state index is -0.111. The fraction of sp³-hybridized carbons (Fsp3) is 0.625. The van der Waals surface area contributed by atoms with E-state index in [-0.39, 0.29) is 11.9 Å². The first-order valence-electron chi connectivity index (χ1n) is 7.26. The molecule has 1 aromatic carbocycles. The zero-order valence-electron chi connectivity index (χ0n) is 12.2. The van der Waals surface area contributed by atoms with Crippen LogP contribution in [0.5, 0.6) is 0 Å². The van der Waals surface area contributed by atoms with Gasteiger partial charge in [0.25, 0.3) is 0 Å². The van der Waals surface area contributed by atoms with E-state index in [1.165, 1.54) is 0 Å². The summed E-state index contributed by atoms with van der Waals surface area (Å²) in [6.07, 6.45) is 1.87. The summed E-state index contributed by atoms with van der Waals surface area (Å²) >= 11 is 0. The van der Waals surface area contributed by atoms with E-state index in [2.05, 4.69) is 18.7 Å². The topological polar surface area (TPSA) is 29.3 Å². The smallest absolute Gasteiger partial charge is 0.146 e. The predicted octanol–water partition coefficient (Wildman–Crippen LogP) is 3.20. The number of rotatable bonds is 3. The van der Waals surface area contributed by atoms with Gasteiger partial charge in [-0.2, -0.15) is 0 Å². The van der Waals surface area contributed by atoms with E-state index in [1.54, 1.807) is 6.07 Å². The molecule has 3 heteroatoms. The fourth-order valence-corrected chi connectivity index (χ4v) is 2.79. The van der Waals surface area contributed by atoms with Crippen LogP contribution in [0.2, 0.25) is 0 Å². The molecule has 0 amide bonds. The van der Waals surface area contributed by atoms with Gasteiger partial charge in [0, 0.05) is 19.1 Å². The molecule has 2 rings (SSSR count). The van der Waals surface area contributed by atoms with Crippen molar-refractivity contribution >= 4 is 5.69 Å². The van der Waals surface area contributed by atoms with Crippen LogP contribution < -0.4 is 10.6 Å². The maximum absolute atomic E-state index is 14.2. The molecule has 19 heavy (non-hydrogen) atoms. The molecule has 1 fully saturated rings. The van der Waals surface area contributed by atoms with Gasteiger partial charge in [-0.15, -0.1) is 0 Å². The number of piperidine rings is 1. The van der Waals surface area contributed by atoms with Crippen molar-refractivity contribution in [3.05, 3.63) is 29.6 Å². The molecule has 0 bridgehead atoms. The first-order valence-corrected chi connectivity index (χ1v) is 7.26. The lowest BCUT2D eigenvalue weighted by atomic mass is 9.88. The van der Waals surface area contributed by atoms with Crippen molar-refractivity contribution in [3.63, 3.8) is 0 Å². The molecule has 3 unspecified atom stereocenters. The standard InChI is InChI=1S/C16H25FN2/c1-11-6-7-19(10-12(11)2)16-5-4-14(8-13(3)18)9-15(16)17/h4-5,9,11-13H,6-8,10,18H2,1-3H3. The van der Waals surface area contributed by atoms with E-state index in [0.717, 1.165) is 43.1 Å². The Morgan fingerprint density at radius 2 is 2.11 bits per heavy atom. The Morgan fingerprint density at radius 1 is 1.37 bits per heavy atom. The minimum absolute atomic E-state index is 0.0705. The zero-order valence-corrected chi connectivity index (χ0v) is 12.2.